The lowest BCUT2D eigenvalue weighted by Gasteiger charge is -2.20. The smallest absolute Gasteiger partial charge is 0.267 e. The minimum atomic E-state index is -0.0831. The highest BCUT2D eigenvalue weighted by Gasteiger charge is 2.32. The third kappa shape index (κ3) is 4.90. The predicted octanol–water partition coefficient (Wildman–Crippen LogP) is 5.03. The van der Waals surface area contributed by atoms with Crippen molar-refractivity contribution in [2.24, 2.45) is 4.99 Å². The van der Waals surface area contributed by atoms with Crippen molar-refractivity contribution in [2.45, 2.75) is 13.8 Å². The van der Waals surface area contributed by atoms with E-state index in [-0.39, 0.29) is 11.7 Å². The molecule has 1 heterocycles. The van der Waals surface area contributed by atoms with Gasteiger partial charge in [-0.15, -0.1) is 6.58 Å². The quantitative estimate of drug-likeness (QED) is 0.517. The van der Waals surface area contributed by atoms with E-state index < -0.39 is 0 Å². The molecular weight excluding hydrogens is 382 g/mol. The lowest BCUT2D eigenvalue weighted by molar-refractivity contribution is -0.121. The fourth-order valence-electron chi connectivity index (χ4n) is 3.04. The van der Waals surface area contributed by atoms with Crippen LogP contribution in [0.3, 0.4) is 0 Å². The molecule has 29 heavy (non-hydrogen) atoms. The Hall–Kier alpha value is -2.99. The van der Waals surface area contributed by atoms with Crippen molar-refractivity contribution in [3.63, 3.8) is 0 Å². The Morgan fingerprint density at radius 1 is 1.10 bits per heavy atom. The van der Waals surface area contributed by atoms with Crippen LogP contribution in [0.1, 0.15) is 19.4 Å². The van der Waals surface area contributed by atoms with Gasteiger partial charge < -0.3 is 10.0 Å². The lowest BCUT2D eigenvalue weighted by Crippen LogP contribution is -2.29. The first-order valence-corrected chi connectivity index (χ1v) is 10.4. The molecule has 0 atom stereocenters. The highest BCUT2D eigenvalue weighted by Crippen LogP contribution is 2.34. The molecule has 5 nitrogen and oxygen atoms in total. The van der Waals surface area contributed by atoms with E-state index in [1.807, 2.05) is 18.2 Å². The summed E-state index contributed by atoms with van der Waals surface area (Å²) in [6, 6.07) is 14.8. The highest BCUT2D eigenvalue weighted by atomic mass is 32.2. The molecule has 2 aromatic carbocycles. The zero-order valence-corrected chi connectivity index (χ0v) is 17.5. The topological polar surface area (TPSA) is 56.1 Å². The molecule has 0 spiro atoms. The van der Waals surface area contributed by atoms with Gasteiger partial charge in [-0.3, -0.25) is 9.69 Å². The SMILES string of the molecule is C=CCN1C(=O)/C(=C/c2ccc(N(CC)CC)cc2)SC1=Nc1ccc(O)cc1. The number of thioether (sulfide) groups is 1. The minimum Gasteiger partial charge on any atom is -0.508 e. The van der Waals surface area contributed by atoms with E-state index >= 15 is 0 Å². The second kappa shape index (κ2) is 9.47. The molecular formula is C23H25N3O2S. The van der Waals surface area contributed by atoms with Gasteiger partial charge in [0.2, 0.25) is 0 Å². The van der Waals surface area contributed by atoms with Gasteiger partial charge in [-0.25, -0.2) is 4.99 Å². The molecule has 1 amide bonds. The van der Waals surface area contributed by atoms with Gasteiger partial charge in [0, 0.05) is 25.3 Å². The fraction of sp³-hybridized carbons (Fsp3) is 0.217. The van der Waals surface area contributed by atoms with Crippen LogP contribution in [0.15, 0.2) is 71.1 Å². The van der Waals surface area contributed by atoms with Crippen LogP contribution in [0.25, 0.3) is 6.08 Å². The number of phenolic OH excluding ortho intramolecular Hbond substituents is 1. The van der Waals surface area contributed by atoms with Crippen molar-refractivity contribution >= 4 is 40.3 Å². The monoisotopic (exact) mass is 407 g/mol. The van der Waals surface area contributed by atoms with E-state index in [1.165, 1.54) is 17.4 Å². The second-order valence-electron chi connectivity index (χ2n) is 6.49. The van der Waals surface area contributed by atoms with Crippen LogP contribution < -0.4 is 4.90 Å². The number of amides is 1. The van der Waals surface area contributed by atoms with Crippen LogP contribution in [0, 0.1) is 0 Å². The molecule has 0 aliphatic carbocycles. The van der Waals surface area contributed by atoms with E-state index in [4.69, 9.17) is 0 Å². The number of hydrogen-bond acceptors (Lipinski definition) is 5. The van der Waals surface area contributed by atoms with Crippen molar-refractivity contribution in [1.29, 1.82) is 0 Å². The Kier molecular flexibility index (Phi) is 6.77. The molecule has 1 aliphatic heterocycles. The zero-order valence-electron chi connectivity index (χ0n) is 16.7. The van der Waals surface area contributed by atoms with Gasteiger partial charge in [-0.05, 0) is 73.6 Å². The number of carbonyl (C=O) groups is 1. The van der Waals surface area contributed by atoms with Crippen molar-refractivity contribution in [3.8, 4) is 5.75 Å². The van der Waals surface area contributed by atoms with Crippen molar-refractivity contribution in [1.82, 2.24) is 4.90 Å². The number of aliphatic imine (C=N–C) groups is 1. The number of hydrogen-bond donors (Lipinski definition) is 1. The van der Waals surface area contributed by atoms with E-state index in [2.05, 4.69) is 42.5 Å². The highest BCUT2D eigenvalue weighted by molar-refractivity contribution is 8.18. The predicted molar refractivity (Wildman–Crippen MR) is 123 cm³/mol. The minimum absolute atomic E-state index is 0.0831. The van der Waals surface area contributed by atoms with Gasteiger partial charge in [0.1, 0.15) is 5.75 Å². The number of amidine groups is 1. The maximum Gasteiger partial charge on any atom is 0.267 e. The van der Waals surface area contributed by atoms with E-state index in [0.717, 1.165) is 18.7 Å². The Morgan fingerprint density at radius 3 is 2.34 bits per heavy atom. The standard InChI is InChI=1S/C23H25N3O2S/c1-4-15-26-22(28)21(29-23(26)24-18-9-13-20(27)14-10-18)16-17-7-11-19(12-8-17)25(5-2)6-3/h4,7-14,16,27H,1,5-6,15H2,2-3H3/b21-16-,24-23?. The van der Waals surface area contributed by atoms with Crippen molar-refractivity contribution < 1.29 is 9.90 Å². The van der Waals surface area contributed by atoms with Crippen LogP contribution in [0.4, 0.5) is 11.4 Å². The Labute approximate surface area is 176 Å². The van der Waals surface area contributed by atoms with Crippen molar-refractivity contribution in [3.05, 3.63) is 71.7 Å². The van der Waals surface area contributed by atoms with Crippen molar-refractivity contribution in [2.75, 3.05) is 24.5 Å². The first-order valence-electron chi connectivity index (χ1n) is 9.60. The molecule has 1 fully saturated rings. The number of phenols is 1. The van der Waals surface area contributed by atoms with E-state index in [0.29, 0.717) is 22.3 Å². The van der Waals surface area contributed by atoms with E-state index in [9.17, 15) is 9.90 Å². The summed E-state index contributed by atoms with van der Waals surface area (Å²) in [6.45, 7) is 10.3. The molecule has 1 N–H and O–H groups in total. The average molecular weight is 408 g/mol. The number of aromatic hydroxyl groups is 1. The molecule has 6 heteroatoms. The molecule has 3 rings (SSSR count). The molecule has 0 bridgehead atoms. The van der Waals surface area contributed by atoms with Gasteiger partial charge >= 0.3 is 0 Å². The van der Waals surface area contributed by atoms with Gasteiger partial charge in [0.25, 0.3) is 5.91 Å². The molecule has 1 saturated heterocycles. The molecule has 0 saturated carbocycles. The summed E-state index contributed by atoms with van der Waals surface area (Å²) in [5, 5.41) is 10.0. The van der Waals surface area contributed by atoms with Crippen LogP contribution >= 0.6 is 11.8 Å². The summed E-state index contributed by atoms with van der Waals surface area (Å²) >= 11 is 1.35. The molecule has 0 radical (unpaired) electrons. The largest absolute Gasteiger partial charge is 0.508 e. The summed E-state index contributed by atoms with van der Waals surface area (Å²) in [6.07, 6.45) is 3.58. The Bertz CT molecular complexity index is 930. The second-order valence-corrected chi connectivity index (χ2v) is 7.50. The van der Waals surface area contributed by atoms with Gasteiger partial charge in [0.05, 0.1) is 10.6 Å². The summed E-state index contributed by atoms with van der Waals surface area (Å²) in [7, 11) is 0. The fourth-order valence-corrected chi connectivity index (χ4v) is 4.05. The molecule has 1 aliphatic rings. The molecule has 0 aromatic heterocycles. The number of nitrogens with zero attached hydrogens (tertiary/aromatic N) is 3. The third-order valence-corrected chi connectivity index (χ3v) is 5.60. The Morgan fingerprint density at radius 2 is 1.76 bits per heavy atom. The number of rotatable bonds is 7. The maximum absolute atomic E-state index is 12.9. The third-order valence-electron chi connectivity index (χ3n) is 4.59. The summed E-state index contributed by atoms with van der Waals surface area (Å²) in [5.41, 5.74) is 2.82. The summed E-state index contributed by atoms with van der Waals surface area (Å²) in [4.78, 5) is 22.0. The first-order chi connectivity index (χ1) is 14.0. The molecule has 0 unspecified atom stereocenters. The molecule has 150 valence electrons. The zero-order chi connectivity index (χ0) is 20.8. The van der Waals surface area contributed by atoms with Crippen LogP contribution in [-0.4, -0.2) is 40.7 Å². The maximum atomic E-state index is 12.9. The van der Waals surface area contributed by atoms with Gasteiger partial charge in [-0.2, -0.15) is 0 Å². The molecule has 2 aromatic rings. The normalized spacial score (nSPS) is 16.6. The first kappa shape index (κ1) is 20.7. The number of anilines is 1. The summed E-state index contributed by atoms with van der Waals surface area (Å²) in [5.74, 6) is 0.0982. The van der Waals surface area contributed by atoms with Gasteiger partial charge in [0.15, 0.2) is 5.17 Å². The lowest BCUT2D eigenvalue weighted by atomic mass is 10.1. The average Bonchev–Trinajstić information content (AvgIpc) is 3.01. The number of benzene rings is 2. The van der Waals surface area contributed by atoms with Crippen LogP contribution in [0.2, 0.25) is 0 Å². The Balaban J connectivity index is 1.87. The summed E-state index contributed by atoms with van der Waals surface area (Å²) < 4.78 is 0. The van der Waals surface area contributed by atoms with Crippen LogP contribution in [-0.2, 0) is 4.79 Å². The van der Waals surface area contributed by atoms with Gasteiger partial charge in [-0.1, -0.05) is 18.2 Å². The van der Waals surface area contributed by atoms with Crippen LogP contribution in [0.5, 0.6) is 5.75 Å². The number of carbonyl (C=O) groups excluding carboxylic acids is 1. The van der Waals surface area contributed by atoms with E-state index in [1.54, 1.807) is 35.2 Å².